The zero-order chi connectivity index (χ0) is 26.4. The first-order chi connectivity index (χ1) is 17.0. The first-order valence-corrected chi connectivity index (χ1v) is 11.5. The summed E-state index contributed by atoms with van der Waals surface area (Å²) in [5.74, 6) is -1.76. The van der Waals surface area contributed by atoms with Crippen LogP contribution in [0.1, 0.15) is 68.7 Å². The van der Waals surface area contributed by atoms with E-state index < -0.39 is 11.9 Å². The van der Waals surface area contributed by atoms with Gasteiger partial charge in [-0.25, -0.2) is 14.4 Å². The summed E-state index contributed by atoms with van der Waals surface area (Å²) in [6.07, 6.45) is 1.27. The number of ketones is 1. The number of carbonyl (C=O) groups excluding carboxylic acids is 2. The summed E-state index contributed by atoms with van der Waals surface area (Å²) < 4.78 is 13.5. The molecule has 188 valence electrons. The highest BCUT2D eigenvalue weighted by molar-refractivity contribution is 5.95. The summed E-state index contributed by atoms with van der Waals surface area (Å²) in [5, 5.41) is 12.2. The minimum Gasteiger partial charge on any atom is -0.480 e. The van der Waals surface area contributed by atoms with Crippen LogP contribution in [0.25, 0.3) is 0 Å². The molecule has 8 nitrogen and oxygen atoms in total. The minimum atomic E-state index is -0.999. The molecule has 0 aliphatic rings. The topological polar surface area (TPSA) is 112 Å². The summed E-state index contributed by atoms with van der Waals surface area (Å²) in [7, 11) is 0. The maximum atomic E-state index is 13.5. The van der Waals surface area contributed by atoms with Crippen molar-refractivity contribution in [3.05, 3.63) is 93.8 Å². The maximum Gasteiger partial charge on any atom is 0.317 e. The largest absolute Gasteiger partial charge is 0.480 e. The number of hydrogen-bond donors (Lipinski definition) is 2. The van der Waals surface area contributed by atoms with E-state index >= 15 is 0 Å². The lowest BCUT2D eigenvalue weighted by atomic mass is 9.98. The number of nitrogens with one attached hydrogen (secondary N) is 1. The van der Waals surface area contributed by atoms with E-state index in [1.807, 2.05) is 26.0 Å². The van der Waals surface area contributed by atoms with Gasteiger partial charge in [0, 0.05) is 24.7 Å². The Hall–Kier alpha value is -3.98. The van der Waals surface area contributed by atoms with E-state index in [9.17, 15) is 23.9 Å². The fourth-order valence-corrected chi connectivity index (χ4v) is 3.96. The second-order valence-electron chi connectivity index (χ2n) is 8.77. The zero-order valence-electron chi connectivity index (χ0n) is 20.7. The fourth-order valence-electron chi connectivity index (χ4n) is 3.96. The van der Waals surface area contributed by atoms with Gasteiger partial charge in [-0.2, -0.15) is 0 Å². The third-order valence-corrected chi connectivity index (χ3v) is 6.00. The number of halogens is 1. The van der Waals surface area contributed by atoms with Crippen molar-refractivity contribution < 1.29 is 23.9 Å². The summed E-state index contributed by atoms with van der Waals surface area (Å²) in [5.41, 5.74) is 4.17. The van der Waals surface area contributed by atoms with E-state index in [-0.39, 0.29) is 43.0 Å². The fraction of sp³-hybridized carbons (Fsp3) is 0.296. The van der Waals surface area contributed by atoms with Gasteiger partial charge in [-0.05, 0) is 62.1 Å². The molecule has 0 fully saturated rings. The van der Waals surface area contributed by atoms with Gasteiger partial charge < -0.3 is 10.4 Å². The lowest BCUT2D eigenvalue weighted by molar-refractivity contribution is -0.139. The molecule has 0 saturated carbocycles. The Morgan fingerprint density at radius 3 is 2.44 bits per heavy atom. The van der Waals surface area contributed by atoms with E-state index in [0.717, 1.165) is 16.7 Å². The van der Waals surface area contributed by atoms with Crippen molar-refractivity contribution in [2.75, 3.05) is 6.54 Å². The minimum absolute atomic E-state index is 0.0320. The second-order valence-corrected chi connectivity index (χ2v) is 8.77. The number of rotatable bonds is 10. The molecule has 9 heteroatoms. The van der Waals surface area contributed by atoms with E-state index in [2.05, 4.69) is 15.3 Å². The number of Topliss-reactive ketones (excluding diaryl/α,β-unsaturated/α-hetero) is 1. The van der Waals surface area contributed by atoms with Crippen LogP contribution in [0, 0.1) is 19.7 Å². The number of aromatic nitrogens is 2. The van der Waals surface area contributed by atoms with E-state index in [1.54, 1.807) is 30.0 Å². The highest BCUT2D eigenvalue weighted by Gasteiger charge is 2.21. The highest BCUT2D eigenvalue weighted by atomic mass is 19.1. The molecule has 0 radical (unpaired) electrons. The Balaban J connectivity index is 1.75. The summed E-state index contributed by atoms with van der Waals surface area (Å²) in [6.45, 7) is 7.01. The van der Waals surface area contributed by atoms with Crippen LogP contribution in [0.3, 0.4) is 0 Å². The number of amides is 1. The van der Waals surface area contributed by atoms with Crippen molar-refractivity contribution in [2.24, 2.45) is 0 Å². The summed E-state index contributed by atoms with van der Waals surface area (Å²) in [6, 6.07) is 11.3. The van der Waals surface area contributed by atoms with Gasteiger partial charge in [0.1, 0.15) is 17.8 Å². The number of nitrogens with zero attached hydrogens (tertiary/aromatic N) is 3. The van der Waals surface area contributed by atoms with Crippen LogP contribution in [0.5, 0.6) is 0 Å². The first-order valence-electron chi connectivity index (χ1n) is 11.5. The standard InChI is InChI=1S/C27H29FN4O4/c1-16-10-21(6-7-23(16)19(4)33)18(3)32(14-26(34)35)13-22-11-25(31-15-30-22)27(36)29-12-20-5-8-24(28)17(2)9-20/h5-11,15,18H,12-14H2,1-4H3,(H,29,36)(H,34,35)/t18-/m0/s1. The number of aryl methyl sites for hydroxylation is 2. The Bertz CT molecular complexity index is 1290. The van der Waals surface area contributed by atoms with Crippen molar-refractivity contribution in [3.63, 3.8) is 0 Å². The predicted octanol–water partition coefficient (Wildman–Crippen LogP) is 4.01. The zero-order valence-corrected chi connectivity index (χ0v) is 20.7. The van der Waals surface area contributed by atoms with Gasteiger partial charge in [-0.3, -0.25) is 19.3 Å². The number of benzene rings is 2. The molecule has 0 saturated heterocycles. The number of aliphatic carboxylic acids is 1. The van der Waals surface area contributed by atoms with E-state index in [4.69, 9.17) is 0 Å². The monoisotopic (exact) mass is 492 g/mol. The summed E-state index contributed by atoms with van der Waals surface area (Å²) in [4.78, 5) is 46.0. The average Bonchev–Trinajstić information content (AvgIpc) is 2.83. The molecule has 1 amide bonds. The van der Waals surface area contributed by atoms with Gasteiger partial charge in [-0.15, -0.1) is 0 Å². The van der Waals surface area contributed by atoms with Crippen molar-refractivity contribution in [2.45, 2.75) is 46.8 Å². The average molecular weight is 493 g/mol. The van der Waals surface area contributed by atoms with Crippen LogP contribution in [-0.4, -0.2) is 44.2 Å². The van der Waals surface area contributed by atoms with Crippen molar-refractivity contribution in [1.29, 1.82) is 0 Å². The van der Waals surface area contributed by atoms with Crippen LogP contribution in [0.15, 0.2) is 48.8 Å². The Kier molecular flexibility index (Phi) is 8.60. The molecule has 0 aliphatic heterocycles. The quantitative estimate of drug-likeness (QED) is 0.411. The van der Waals surface area contributed by atoms with Crippen molar-refractivity contribution >= 4 is 17.7 Å². The molecule has 1 aromatic heterocycles. The Morgan fingerprint density at radius 2 is 1.81 bits per heavy atom. The molecule has 3 aromatic rings. The van der Waals surface area contributed by atoms with Gasteiger partial charge in [0.2, 0.25) is 0 Å². The lowest BCUT2D eigenvalue weighted by Gasteiger charge is -2.28. The smallest absolute Gasteiger partial charge is 0.317 e. The summed E-state index contributed by atoms with van der Waals surface area (Å²) >= 11 is 0. The van der Waals surface area contributed by atoms with Crippen LogP contribution in [0.2, 0.25) is 0 Å². The molecule has 2 N–H and O–H groups in total. The SMILES string of the molecule is CC(=O)c1ccc([C@H](C)N(CC(=O)O)Cc2cc(C(=O)NCc3ccc(F)c(C)c3)ncn2)cc1C. The molecule has 0 spiro atoms. The molecule has 0 aliphatic carbocycles. The second kappa shape index (κ2) is 11.6. The van der Waals surface area contributed by atoms with Crippen molar-refractivity contribution in [1.82, 2.24) is 20.2 Å². The van der Waals surface area contributed by atoms with Crippen LogP contribution >= 0.6 is 0 Å². The predicted molar refractivity (Wildman–Crippen MR) is 132 cm³/mol. The number of carboxylic acids is 1. The third kappa shape index (κ3) is 6.79. The molecule has 1 atom stereocenters. The van der Waals surface area contributed by atoms with E-state index in [1.165, 1.54) is 25.4 Å². The third-order valence-electron chi connectivity index (χ3n) is 6.00. The van der Waals surface area contributed by atoms with Crippen LogP contribution in [0.4, 0.5) is 4.39 Å². The van der Waals surface area contributed by atoms with Crippen molar-refractivity contribution in [3.8, 4) is 0 Å². The van der Waals surface area contributed by atoms with Gasteiger partial charge in [0.05, 0.1) is 12.2 Å². The van der Waals surface area contributed by atoms with Gasteiger partial charge in [-0.1, -0.05) is 30.3 Å². The van der Waals surface area contributed by atoms with E-state index in [0.29, 0.717) is 16.8 Å². The van der Waals surface area contributed by atoms with Crippen LogP contribution in [-0.2, 0) is 17.9 Å². The molecular formula is C27H29FN4O4. The Morgan fingerprint density at radius 1 is 1.06 bits per heavy atom. The first kappa shape index (κ1) is 26.6. The Labute approximate surface area is 209 Å². The number of carbonyl (C=O) groups is 3. The number of carboxylic acid groups (broad SMARTS) is 1. The molecular weight excluding hydrogens is 463 g/mol. The van der Waals surface area contributed by atoms with Crippen LogP contribution < -0.4 is 5.32 Å². The molecule has 2 aromatic carbocycles. The molecule has 0 bridgehead atoms. The molecule has 1 heterocycles. The highest BCUT2D eigenvalue weighted by Crippen LogP contribution is 2.24. The lowest BCUT2D eigenvalue weighted by Crippen LogP contribution is -2.32. The maximum absolute atomic E-state index is 13.5. The molecule has 36 heavy (non-hydrogen) atoms. The normalized spacial score (nSPS) is 11.8. The van der Waals surface area contributed by atoms with Gasteiger partial charge in [0.15, 0.2) is 5.78 Å². The number of hydrogen-bond acceptors (Lipinski definition) is 6. The molecule has 0 unspecified atom stereocenters. The van der Waals surface area contributed by atoms with Gasteiger partial charge >= 0.3 is 5.97 Å². The molecule has 3 rings (SSSR count). The van der Waals surface area contributed by atoms with Gasteiger partial charge in [0.25, 0.3) is 5.91 Å².